The first-order valence-corrected chi connectivity index (χ1v) is 8.05. The summed E-state index contributed by atoms with van der Waals surface area (Å²) in [5.74, 6) is -0.565. The molecule has 0 saturated carbocycles. The summed E-state index contributed by atoms with van der Waals surface area (Å²) in [7, 11) is 1.33. The molecule has 22 heavy (non-hydrogen) atoms. The number of thiophene rings is 1. The molecular weight excluding hydrogens is 298 g/mol. The second-order valence-corrected chi connectivity index (χ2v) is 5.74. The molecule has 1 aromatic heterocycles. The third-order valence-electron chi connectivity index (χ3n) is 3.32. The molecule has 5 heteroatoms. The SMILES string of the molecule is COC(=O)[C@@H](Cc1ccccc1)NC(=O)CCc1ccsc1. The highest BCUT2D eigenvalue weighted by molar-refractivity contribution is 7.07. The number of carbonyl (C=O) groups is 2. The number of hydrogen-bond acceptors (Lipinski definition) is 4. The van der Waals surface area contributed by atoms with Crippen molar-refractivity contribution in [1.82, 2.24) is 5.32 Å². The molecule has 1 N–H and O–H groups in total. The maximum Gasteiger partial charge on any atom is 0.328 e. The van der Waals surface area contributed by atoms with Gasteiger partial charge in [-0.25, -0.2) is 4.79 Å². The topological polar surface area (TPSA) is 55.4 Å². The van der Waals surface area contributed by atoms with Gasteiger partial charge in [-0.2, -0.15) is 11.3 Å². The maximum atomic E-state index is 12.0. The number of methoxy groups -OCH3 is 1. The van der Waals surface area contributed by atoms with Gasteiger partial charge in [0.25, 0.3) is 0 Å². The zero-order valence-corrected chi connectivity index (χ0v) is 13.3. The number of ether oxygens (including phenoxy) is 1. The van der Waals surface area contributed by atoms with E-state index in [1.54, 1.807) is 11.3 Å². The third kappa shape index (κ3) is 5.00. The molecule has 116 valence electrons. The van der Waals surface area contributed by atoms with E-state index < -0.39 is 12.0 Å². The summed E-state index contributed by atoms with van der Waals surface area (Å²) in [5, 5.41) is 6.78. The summed E-state index contributed by atoms with van der Waals surface area (Å²) >= 11 is 1.61. The molecule has 1 atom stereocenters. The van der Waals surface area contributed by atoms with E-state index in [1.807, 2.05) is 47.2 Å². The number of nitrogens with one attached hydrogen (secondary N) is 1. The average molecular weight is 317 g/mol. The first-order valence-electron chi connectivity index (χ1n) is 7.11. The van der Waals surface area contributed by atoms with Crippen molar-refractivity contribution in [2.45, 2.75) is 25.3 Å². The van der Waals surface area contributed by atoms with Crippen LogP contribution in [0.3, 0.4) is 0 Å². The van der Waals surface area contributed by atoms with Crippen molar-refractivity contribution in [3.8, 4) is 0 Å². The number of esters is 1. The smallest absolute Gasteiger partial charge is 0.328 e. The monoisotopic (exact) mass is 317 g/mol. The molecule has 0 unspecified atom stereocenters. The predicted molar refractivity (Wildman–Crippen MR) is 86.7 cm³/mol. The van der Waals surface area contributed by atoms with Crippen LogP contribution in [-0.4, -0.2) is 25.0 Å². The molecule has 0 saturated heterocycles. The number of rotatable bonds is 7. The second-order valence-electron chi connectivity index (χ2n) is 4.96. The molecule has 0 aliphatic heterocycles. The van der Waals surface area contributed by atoms with Crippen LogP contribution in [0.2, 0.25) is 0 Å². The Bertz CT molecular complexity index is 596. The van der Waals surface area contributed by atoms with Crippen LogP contribution in [0.1, 0.15) is 17.5 Å². The minimum Gasteiger partial charge on any atom is -0.467 e. The maximum absolute atomic E-state index is 12.0. The molecule has 0 bridgehead atoms. The van der Waals surface area contributed by atoms with Gasteiger partial charge in [-0.05, 0) is 34.4 Å². The lowest BCUT2D eigenvalue weighted by Gasteiger charge is -2.16. The Balaban J connectivity index is 1.91. The van der Waals surface area contributed by atoms with Gasteiger partial charge in [0.2, 0.25) is 5.91 Å². The number of aryl methyl sites for hydroxylation is 1. The normalized spacial score (nSPS) is 11.7. The van der Waals surface area contributed by atoms with E-state index in [1.165, 1.54) is 7.11 Å². The van der Waals surface area contributed by atoms with Crippen LogP contribution in [-0.2, 0) is 27.2 Å². The van der Waals surface area contributed by atoms with Crippen molar-refractivity contribution in [1.29, 1.82) is 0 Å². The lowest BCUT2D eigenvalue weighted by atomic mass is 10.1. The third-order valence-corrected chi connectivity index (χ3v) is 4.06. The molecule has 0 fully saturated rings. The standard InChI is InChI=1S/C17H19NO3S/c1-21-17(20)15(11-13-5-3-2-4-6-13)18-16(19)8-7-14-9-10-22-12-14/h2-6,9-10,12,15H,7-8,11H2,1H3,(H,18,19)/t15-/m1/s1. The number of hydrogen-bond donors (Lipinski definition) is 1. The van der Waals surface area contributed by atoms with E-state index in [4.69, 9.17) is 4.74 Å². The Morgan fingerprint density at radius 3 is 2.59 bits per heavy atom. The van der Waals surface area contributed by atoms with Crippen LogP contribution in [0, 0.1) is 0 Å². The van der Waals surface area contributed by atoms with Crippen LogP contribution in [0.4, 0.5) is 0 Å². The molecule has 1 amide bonds. The zero-order chi connectivity index (χ0) is 15.8. The Morgan fingerprint density at radius 2 is 1.95 bits per heavy atom. The fourth-order valence-corrected chi connectivity index (χ4v) is 2.85. The van der Waals surface area contributed by atoms with Crippen molar-refractivity contribution < 1.29 is 14.3 Å². The minimum atomic E-state index is -0.651. The highest BCUT2D eigenvalue weighted by Gasteiger charge is 2.21. The molecular formula is C17H19NO3S. The largest absolute Gasteiger partial charge is 0.467 e. The van der Waals surface area contributed by atoms with E-state index in [2.05, 4.69) is 5.32 Å². The minimum absolute atomic E-state index is 0.141. The van der Waals surface area contributed by atoms with Crippen LogP contribution < -0.4 is 5.32 Å². The molecule has 1 aromatic carbocycles. The van der Waals surface area contributed by atoms with Gasteiger partial charge in [0.15, 0.2) is 0 Å². The van der Waals surface area contributed by atoms with Crippen LogP contribution in [0.25, 0.3) is 0 Å². The van der Waals surface area contributed by atoms with E-state index in [9.17, 15) is 9.59 Å². The van der Waals surface area contributed by atoms with E-state index >= 15 is 0 Å². The summed E-state index contributed by atoms with van der Waals surface area (Å²) < 4.78 is 4.78. The van der Waals surface area contributed by atoms with Crippen molar-refractivity contribution in [2.24, 2.45) is 0 Å². The van der Waals surface area contributed by atoms with Gasteiger partial charge in [0, 0.05) is 12.8 Å². The van der Waals surface area contributed by atoms with Gasteiger partial charge in [0.05, 0.1) is 7.11 Å². The van der Waals surface area contributed by atoms with Gasteiger partial charge >= 0.3 is 5.97 Å². The van der Waals surface area contributed by atoms with Gasteiger partial charge < -0.3 is 10.1 Å². The number of amides is 1. The van der Waals surface area contributed by atoms with Crippen molar-refractivity contribution in [3.63, 3.8) is 0 Å². The van der Waals surface area contributed by atoms with Crippen molar-refractivity contribution in [2.75, 3.05) is 7.11 Å². The average Bonchev–Trinajstić information content (AvgIpc) is 3.06. The summed E-state index contributed by atoms with van der Waals surface area (Å²) in [6.07, 6.45) is 1.46. The van der Waals surface area contributed by atoms with Gasteiger partial charge in [-0.3, -0.25) is 4.79 Å². The molecule has 1 heterocycles. The summed E-state index contributed by atoms with van der Waals surface area (Å²) in [5.41, 5.74) is 2.12. The molecule has 0 aliphatic carbocycles. The fraction of sp³-hybridized carbons (Fsp3) is 0.294. The van der Waals surface area contributed by atoms with Gasteiger partial charge in [-0.15, -0.1) is 0 Å². The van der Waals surface area contributed by atoms with Crippen LogP contribution >= 0.6 is 11.3 Å². The Labute approximate surface area is 134 Å². The van der Waals surface area contributed by atoms with E-state index in [0.717, 1.165) is 11.1 Å². The second kappa shape index (κ2) is 8.34. The summed E-state index contributed by atoms with van der Waals surface area (Å²) in [4.78, 5) is 23.9. The fourth-order valence-electron chi connectivity index (χ4n) is 2.14. The van der Waals surface area contributed by atoms with Crippen molar-refractivity contribution in [3.05, 3.63) is 58.3 Å². The first kappa shape index (κ1) is 16.2. The molecule has 0 radical (unpaired) electrons. The Morgan fingerprint density at radius 1 is 1.18 bits per heavy atom. The lowest BCUT2D eigenvalue weighted by molar-refractivity contribution is -0.145. The molecule has 2 rings (SSSR count). The van der Waals surface area contributed by atoms with Crippen LogP contribution in [0.5, 0.6) is 0 Å². The van der Waals surface area contributed by atoms with Crippen LogP contribution in [0.15, 0.2) is 47.2 Å². The predicted octanol–water partition coefficient (Wildman–Crippen LogP) is 2.58. The highest BCUT2D eigenvalue weighted by Crippen LogP contribution is 2.09. The number of benzene rings is 1. The first-order chi connectivity index (χ1) is 10.7. The van der Waals surface area contributed by atoms with Gasteiger partial charge in [-0.1, -0.05) is 30.3 Å². The lowest BCUT2D eigenvalue weighted by Crippen LogP contribution is -2.43. The summed E-state index contributed by atoms with van der Waals surface area (Å²) in [6.45, 7) is 0. The molecule has 4 nitrogen and oxygen atoms in total. The van der Waals surface area contributed by atoms with E-state index in [0.29, 0.717) is 19.3 Å². The van der Waals surface area contributed by atoms with Gasteiger partial charge in [0.1, 0.15) is 6.04 Å². The Hall–Kier alpha value is -2.14. The molecule has 2 aromatic rings. The zero-order valence-electron chi connectivity index (χ0n) is 12.5. The van der Waals surface area contributed by atoms with Crippen molar-refractivity contribution >= 4 is 23.2 Å². The van der Waals surface area contributed by atoms with E-state index in [-0.39, 0.29) is 5.91 Å². The highest BCUT2D eigenvalue weighted by atomic mass is 32.1. The molecule has 0 spiro atoms. The Kier molecular flexibility index (Phi) is 6.15. The summed E-state index contributed by atoms with van der Waals surface area (Å²) in [6, 6.07) is 10.9. The molecule has 0 aliphatic rings. The quantitative estimate of drug-likeness (QED) is 0.799. The number of carbonyl (C=O) groups excluding carboxylic acids is 2.